The van der Waals surface area contributed by atoms with E-state index in [1.165, 1.54) is 5.56 Å². The summed E-state index contributed by atoms with van der Waals surface area (Å²) < 4.78 is 7.46. The number of hydrogen-bond donors (Lipinski definition) is 2. The number of nitrogens with zero attached hydrogens (tertiary/aromatic N) is 3. The molecule has 1 unspecified atom stereocenters. The van der Waals surface area contributed by atoms with Gasteiger partial charge in [-0.3, -0.25) is 9.48 Å². The largest absolute Gasteiger partial charge is 0.508 e. The first-order chi connectivity index (χ1) is 15.6. The van der Waals surface area contributed by atoms with Crippen molar-refractivity contribution in [3.05, 3.63) is 71.7 Å². The highest BCUT2D eigenvalue weighted by Gasteiger charge is 2.23. The summed E-state index contributed by atoms with van der Waals surface area (Å²) in [7, 11) is 0. The number of nitrogens with one attached hydrogen (secondary N) is 1. The van der Waals surface area contributed by atoms with Gasteiger partial charge in [-0.05, 0) is 59.9 Å². The number of amides is 1. The maximum atomic E-state index is 13.2. The Morgan fingerprint density at radius 1 is 1.12 bits per heavy atom. The van der Waals surface area contributed by atoms with Crippen LogP contribution in [0.4, 0.5) is 0 Å². The standard InChI is InChI=1S/C25H24N4O3/c30-22-3-1-16-5-7-28(13-19(16)10-22)25(31)24-11-18-9-17(2-4-23(18)27-24)20-12-26-29(14-20)21-6-8-32-15-21/h1-4,9-12,14,21,27,30H,5-8,13,15H2. The lowest BCUT2D eigenvalue weighted by Crippen LogP contribution is -2.36. The van der Waals surface area contributed by atoms with Gasteiger partial charge in [-0.2, -0.15) is 5.10 Å². The van der Waals surface area contributed by atoms with Crippen molar-refractivity contribution in [1.82, 2.24) is 19.7 Å². The van der Waals surface area contributed by atoms with Crippen LogP contribution in [-0.2, 0) is 17.7 Å². The molecular formula is C25H24N4O3. The molecule has 162 valence electrons. The highest BCUT2D eigenvalue weighted by molar-refractivity contribution is 5.99. The first-order valence-corrected chi connectivity index (χ1v) is 11.0. The first kappa shape index (κ1) is 19.1. The molecule has 7 nitrogen and oxygen atoms in total. The molecular weight excluding hydrogens is 404 g/mol. The fourth-order valence-corrected chi connectivity index (χ4v) is 4.73. The number of aromatic nitrogens is 3. The summed E-state index contributed by atoms with van der Waals surface area (Å²) in [4.78, 5) is 18.3. The average Bonchev–Trinajstić information content (AvgIpc) is 3.57. The van der Waals surface area contributed by atoms with Crippen molar-refractivity contribution in [2.45, 2.75) is 25.4 Å². The Bertz CT molecular complexity index is 1320. The maximum absolute atomic E-state index is 13.2. The second-order valence-electron chi connectivity index (χ2n) is 8.64. The molecule has 0 saturated carbocycles. The minimum atomic E-state index is -0.0224. The zero-order valence-electron chi connectivity index (χ0n) is 17.6. The van der Waals surface area contributed by atoms with Gasteiger partial charge >= 0.3 is 0 Å². The van der Waals surface area contributed by atoms with Crippen molar-refractivity contribution < 1.29 is 14.6 Å². The van der Waals surface area contributed by atoms with Crippen molar-refractivity contribution in [2.75, 3.05) is 19.8 Å². The Labute approximate surface area is 185 Å². The predicted molar refractivity (Wildman–Crippen MR) is 121 cm³/mol. The number of aromatic amines is 1. The highest BCUT2D eigenvalue weighted by Crippen LogP contribution is 2.28. The van der Waals surface area contributed by atoms with E-state index in [0.29, 0.717) is 31.4 Å². The molecule has 7 heteroatoms. The Morgan fingerprint density at radius 3 is 2.94 bits per heavy atom. The summed E-state index contributed by atoms with van der Waals surface area (Å²) in [5, 5.41) is 15.3. The van der Waals surface area contributed by atoms with Crippen LogP contribution in [0.5, 0.6) is 5.75 Å². The summed E-state index contributed by atoms with van der Waals surface area (Å²) in [6.45, 7) is 2.67. The fraction of sp³-hybridized carbons (Fsp3) is 0.280. The number of phenols is 1. The zero-order valence-corrected chi connectivity index (χ0v) is 17.6. The molecule has 2 aromatic carbocycles. The molecule has 2 aromatic heterocycles. The van der Waals surface area contributed by atoms with Gasteiger partial charge in [0.1, 0.15) is 11.4 Å². The number of fused-ring (bicyclic) bond motifs is 2. The number of benzene rings is 2. The molecule has 1 saturated heterocycles. The van der Waals surface area contributed by atoms with Crippen LogP contribution in [0.1, 0.15) is 34.1 Å². The van der Waals surface area contributed by atoms with Gasteiger partial charge in [-0.25, -0.2) is 0 Å². The summed E-state index contributed by atoms with van der Waals surface area (Å²) >= 11 is 0. The smallest absolute Gasteiger partial charge is 0.270 e. The second kappa shape index (κ2) is 7.53. The Balaban J connectivity index is 1.25. The SMILES string of the molecule is O=C(c1cc2cc(-c3cnn(C4CCOC4)c3)ccc2[nH]1)N1CCc2ccc(O)cc2C1. The molecule has 0 bridgehead atoms. The molecule has 2 aliphatic heterocycles. The monoisotopic (exact) mass is 428 g/mol. The number of aromatic hydroxyl groups is 1. The van der Waals surface area contributed by atoms with Crippen LogP contribution in [0.2, 0.25) is 0 Å². The van der Waals surface area contributed by atoms with E-state index in [1.54, 1.807) is 12.1 Å². The predicted octanol–water partition coefficient (Wildman–Crippen LogP) is 3.90. The molecule has 4 aromatic rings. The van der Waals surface area contributed by atoms with Crippen LogP contribution in [0.15, 0.2) is 54.9 Å². The summed E-state index contributed by atoms with van der Waals surface area (Å²) in [5.74, 6) is 0.214. The number of carbonyl (C=O) groups excluding carboxylic acids is 1. The number of ether oxygens (including phenoxy) is 1. The molecule has 32 heavy (non-hydrogen) atoms. The van der Waals surface area contributed by atoms with E-state index < -0.39 is 0 Å². The van der Waals surface area contributed by atoms with E-state index in [0.717, 1.165) is 47.0 Å². The van der Waals surface area contributed by atoms with E-state index in [9.17, 15) is 9.90 Å². The van der Waals surface area contributed by atoms with Gasteiger partial charge in [-0.1, -0.05) is 12.1 Å². The lowest BCUT2D eigenvalue weighted by molar-refractivity contribution is 0.0729. The maximum Gasteiger partial charge on any atom is 0.270 e. The number of H-pyrrole nitrogens is 1. The number of hydrogen-bond acceptors (Lipinski definition) is 4. The third-order valence-electron chi connectivity index (χ3n) is 6.56. The molecule has 1 fully saturated rings. The minimum Gasteiger partial charge on any atom is -0.508 e. The van der Waals surface area contributed by atoms with Crippen LogP contribution in [0, 0.1) is 0 Å². The lowest BCUT2D eigenvalue weighted by atomic mass is 9.99. The number of rotatable bonds is 3. The Morgan fingerprint density at radius 2 is 2.06 bits per heavy atom. The number of carbonyl (C=O) groups is 1. The van der Waals surface area contributed by atoms with Crippen LogP contribution >= 0.6 is 0 Å². The molecule has 0 radical (unpaired) electrons. The van der Waals surface area contributed by atoms with E-state index in [1.807, 2.05) is 34.0 Å². The highest BCUT2D eigenvalue weighted by atomic mass is 16.5. The van der Waals surface area contributed by atoms with Gasteiger partial charge in [0, 0.05) is 42.4 Å². The van der Waals surface area contributed by atoms with E-state index >= 15 is 0 Å². The van der Waals surface area contributed by atoms with Crippen molar-refractivity contribution in [3.63, 3.8) is 0 Å². The van der Waals surface area contributed by atoms with E-state index in [-0.39, 0.29) is 11.7 Å². The van der Waals surface area contributed by atoms with E-state index in [4.69, 9.17) is 4.74 Å². The van der Waals surface area contributed by atoms with E-state index in [2.05, 4.69) is 28.4 Å². The molecule has 1 amide bonds. The van der Waals surface area contributed by atoms with Gasteiger partial charge in [0.2, 0.25) is 0 Å². The van der Waals surface area contributed by atoms with Crippen molar-refractivity contribution in [1.29, 1.82) is 0 Å². The molecule has 4 heterocycles. The van der Waals surface area contributed by atoms with Gasteiger partial charge in [0.05, 0.1) is 18.8 Å². The van der Waals surface area contributed by atoms with Crippen LogP contribution in [-0.4, -0.2) is 50.4 Å². The molecule has 0 aliphatic carbocycles. The molecule has 2 N–H and O–H groups in total. The Kier molecular flexibility index (Phi) is 4.50. The third-order valence-corrected chi connectivity index (χ3v) is 6.56. The fourth-order valence-electron chi connectivity index (χ4n) is 4.73. The topological polar surface area (TPSA) is 83.4 Å². The Hall–Kier alpha value is -3.58. The second-order valence-corrected chi connectivity index (χ2v) is 8.64. The van der Waals surface area contributed by atoms with Crippen molar-refractivity contribution in [2.24, 2.45) is 0 Å². The third kappa shape index (κ3) is 3.35. The summed E-state index contributed by atoms with van der Waals surface area (Å²) in [6.07, 6.45) is 5.74. The van der Waals surface area contributed by atoms with Gasteiger partial charge in [0.25, 0.3) is 5.91 Å². The average molecular weight is 428 g/mol. The van der Waals surface area contributed by atoms with Crippen LogP contribution < -0.4 is 0 Å². The van der Waals surface area contributed by atoms with Crippen LogP contribution in [0.3, 0.4) is 0 Å². The van der Waals surface area contributed by atoms with Gasteiger partial charge in [-0.15, -0.1) is 0 Å². The van der Waals surface area contributed by atoms with Crippen molar-refractivity contribution in [3.8, 4) is 16.9 Å². The summed E-state index contributed by atoms with van der Waals surface area (Å²) in [6, 6.07) is 13.8. The zero-order chi connectivity index (χ0) is 21.7. The molecule has 0 spiro atoms. The van der Waals surface area contributed by atoms with Gasteiger partial charge in [0.15, 0.2) is 0 Å². The minimum absolute atomic E-state index is 0.0224. The van der Waals surface area contributed by atoms with Crippen LogP contribution in [0.25, 0.3) is 22.0 Å². The molecule has 2 aliphatic rings. The van der Waals surface area contributed by atoms with Gasteiger partial charge < -0.3 is 19.7 Å². The number of phenolic OH excluding ortho intramolecular Hbond substituents is 1. The first-order valence-electron chi connectivity index (χ1n) is 11.0. The quantitative estimate of drug-likeness (QED) is 0.519. The summed E-state index contributed by atoms with van der Waals surface area (Å²) in [5.41, 5.74) is 5.84. The van der Waals surface area contributed by atoms with Crippen molar-refractivity contribution >= 4 is 16.8 Å². The molecule has 6 rings (SSSR count). The normalized spacial score (nSPS) is 18.2. The molecule has 1 atom stereocenters. The lowest BCUT2D eigenvalue weighted by Gasteiger charge is -2.28.